The van der Waals surface area contributed by atoms with Gasteiger partial charge in [0.2, 0.25) is 0 Å². The van der Waals surface area contributed by atoms with Gasteiger partial charge in [-0.25, -0.2) is 5.84 Å². The Morgan fingerprint density at radius 1 is 1.89 bits per heavy atom. The van der Waals surface area contributed by atoms with Crippen LogP contribution < -0.4 is 11.3 Å². The lowest BCUT2D eigenvalue weighted by atomic mass is 10.9. The second kappa shape index (κ2) is 7.67. The molecule has 0 aliphatic heterocycles. The second-order valence-electron chi connectivity index (χ2n) is 0.969. The van der Waals surface area contributed by atoms with Gasteiger partial charge in [0, 0.05) is 6.92 Å². The van der Waals surface area contributed by atoms with E-state index in [9.17, 15) is 0 Å². The minimum atomic E-state index is -0.833. The number of hydrazine groups is 1. The molecule has 0 rings (SSSR count). The fraction of sp³-hybridized carbons (Fsp3) is 0.333. The average Bonchev–Trinajstić information content (AvgIpc) is 1.65. The van der Waals surface area contributed by atoms with Crippen molar-refractivity contribution >= 4 is 35.1 Å². The molecule has 4 nitrogen and oxygen atoms in total. The zero-order valence-corrected chi connectivity index (χ0v) is 6.50. The Balaban J connectivity index is 0. The van der Waals surface area contributed by atoms with Crippen molar-refractivity contribution in [2.45, 2.75) is 6.92 Å². The van der Waals surface area contributed by atoms with Crippen molar-refractivity contribution in [3.05, 3.63) is 0 Å². The quantitative estimate of drug-likeness (QED) is 0.174. The van der Waals surface area contributed by atoms with Gasteiger partial charge in [-0.1, -0.05) is 12.2 Å². The first kappa shape index (κ1) is 11.5. The van der Waals surface area contributed by atoms with Crippen LogP contribution in [0.15, 0.2) is 0 Å². The van der Waals surface area contributed by atoms with E-state index in [0.717, 1.165) is 6.92 Å². The maximum Gasteiger partial charge on any atom is 0.300 e. The summed E-state index contributed by atoms with van der Waals surface area (Å²) in [7, 11) is 0. The van der Waals surface area contributed by atoms with Crippen molar-refractivity contribution in [3.63, 3.8) is 0 Å². The maximum absolute atomic E-state index is 9.00. The van der Waals surface area contributed by atoms with E-state index in [1.807, 2.05) is 0 Å². The van der Waals surface area contributed by atoms with Crippen molar-refractivity contribution in [1.29, 1.82) is 0 Å². The zero-order valence-electron chi connectivity index (χ0n) is 4.79. The molecule has 9 heavy (non-hydrogen) atoms. The van der Waals surface area contributed by atoms with Crippen LogP contribution in [-0.2, 0) is 4.79 Å². The van der Waals surface area contributed by atoms with Gasteiger partial charge in [0.25, 0.3) is 5.97 Å². The third kappa shape index (κ3) is 88.4. The van der Waals surface area contributed by atoms with Crippen LogP contribution in [0.5, 0.6) is 0 Å². The summed E-state index contributed by atoms with van der Waals surface area (Å²) in [4.78, 5) is 9.00. The number of thiol groups is 1. The molecule has 0 saturated heterocycles. The van der Waals surface area contributed by atoms with Crippen LogP contribution in [0.2, 0.25) is 0 Å². The van der Waals surface area contributed by atoms with Crippen molar-refractivity contribution in [3.8, 4) is 0 Å². The van der Waals surface area contributed by atoms with E-state index < -0.39 is 5.97 Å². The highest BCUT2D eigenvalue weighted by atomic mass is 32.1. The summed E-state index contributed by atoms with van der Waals surface area (Å²) in [5.41, 5.74) is 2.12. The predicted molar refractivity (Wildman–Crippen MR) is 42.2 cm³/mol. The molecule has 54 valence electrons. The van der Waals surface area contributed by atoms with Gasteiger partial charge in [0.15, 0.2) is 0 Å². The number of nitrogens with one attached hydrogen (secondary N) is 1. The van der Waals surface area contributed by atoms with Gasteiger partial charge >= 0.3 is 0 Å². The Morgan fingerprint density at radius 2 is 2.00 bits per heavy atom. The van der Waals surface area contributed by atoms with Gasteiger partial charge in [0.1, 0.15) is 4.32 Å². The third-order valence-corrected chi connectivity index (χ3v) is 0.370. The first-order valence-corrected chi connectivity index (χ1v) is 2.75. The molecule has 0 amide bonds. The minimum absolute atomic E-state index is 0.310. The monoisotopic (exact) mass is 168 g/mol. The maximum atomic E-state index is 9.00. The predicted octanol–water partition coefficient (Wildman–Crippen LogP) is -0.245. The molecule has 0 aromatic carbocycles. The summed E-state index contributed by atoms with van der Waals surface area (Å²) in [5, 5.41) is 7.42. The number of aliphatic carboxylic acids is 1. The number of rotatable bonds is 0. The smallest absolute Gasteiger partial charge is 0.300 e. The Morgan fingerprint density at radius 3 is 2.00 bits per heavy atom. The lowest BCUT2D eigenvalue weighted by Gasteiger charge is -1.83. The molecule has 0 spiro atoms. The van der Waals surface area contributed by atoms with Crippen LogP contribution in [0.4, 0.5) is 0 Å². The number of thiocarbonyl (C=S) groups is 1. The summed E-state index contributed by atoms with van der Waals surface area (Å²) in [6.07, 6.45) is 0. The molecular weight excluding hydrogens is 160 g/mol. The van der Waals surface area contributed by atoms with Gasteiger partial charge in [-0.05, 0) is 0 Å². The van der Waals surface area contributed by atoms with Gasteiger partial charge in [-0.2, -0.15) is 0 Å². The standard InChI is InChI=1S/C2H4O2.CH4N2S2/c1-2(3)4;2-3-1(4)5/h1H3,(H,3,4);2H2,(H2,3,4,5). The molecule has 0 radical (unpaired) electrons. The summed E-state index contributed by atoms with van der Waals surface area (Å²) in [6, 6.07) is 0. The Labute approximate surface area is 63.8 Å². The highest BCUT2D eigenvalue weighted by Gasteiger charge is 1.68. The average molecular weight is 168 g/mol. The topological polar surface area (TPSA) is 75.3 Å². The highest BCUT2D eigenvalue weighted by Crippen LogP contribution is 1.68. The Bertz CT molecular complexity index is 102. The molecule has 0 saturated carbocycles. The van der Waals surface area contributed by atoms with Crippen LogP contribution in [0, 0.1) is 0 Å². The molecule has 0 aromatic rings. The molecule has 0 fully saturated rings. The minimum Gasteiger partial charge on any atom is -0.481 e. The molecule has 0 atom stereocenters. The van der Waals surface area contributed by atoms with E-state index in [1.54, 1.807) is 0 Å². The van der Waals surface area contributed by atoms with E-state index in [2.05, 4.69) is 30.3 Å². The van der Waals surface area contributed by atoms with Gasteiger partial charge in [-0.15, -0.1) is 12.6 Å². The van der Waals surface area contributed by atoms with Gasteiger partial charge in [0.05, 0.1) is 0 Å². The SMILES string of the molecule is CC(=O)O.NNC(=S)S. The first-order valence-electron chi connectivity index (χ1n) is 1.89. The number of hydrogen-bond donors (Lipinski definition) is 4. The Hall–Kier alpha value is -0.330. The molecule has 0 bridgehead atoms. The summed E-state index contributed by atoms with van der Waals surface area (Å²) >= 11 is 7.92. The van der Waals surface area contributed by atoms with Crippen molar-refractivity contribution in [1.82, 2.24) is 5.43 Å². The molecule has 0 aliphatic rings. The molecule has 0 aromatic heterocycles. The number of hydrogen-bond acceptors (Lipinski definition) is 3. The Kier molecular flexibility index (Phi) is 9.77. The summed E-state index contributed by atoms with van der Waals surface area (Å²) < 4.78 is 0.310. The summed E-state index contributed by atoms with van der Waals surface area (Å²) in [5.74, 6) is 3.87. The van der Waals surface area contributed by atoms with Crippen LogP contribution in [-0.4, -0.2) is 15.4 Å². The summed E-state index contributed by atoms with van der Waals surface area (Å²) in [6.45, 7) is 1.08. The van der Waals surface area contributed by atoms with E-state index in [4.69, 9.17) is 15.7 Å². The fourth-order valence-corrected chi connectivity index (χ4v) is 0. The molecule has 0 aliphatic carbocycles. The normalized spacial score (nSPS) is 6.56. The van der Waals surface area contributed by atoms with Gasteiger partial charge < -0.3 is 10.5 Å². The van der Waals surface area contributed by atoms with Gasteiger partial charge in [-0.3, -0.25) is 4.79 Å². The van der Waals surface area contributed by atoms with Crippen LogP contribution in [0.3, 0.4) is 0 Å². The number of carboxylic acids is 1. The van der Waals surface area contributed by atoms with Crippen LogP contribution in [0.25, 0.3) is 0 Å². The van der Waals surface area contributed by atoms with Crippen molar-refractivity contribution in [2.75, 3.05) is 0 Å². The third-order valence-electron chi connectivity index (χ3n) is 0.123. The zero-order chi connectivity index (χ0) is 7.86. The number of carboxylic acid groups (broad SMARTS) is 1. The van der Waals surface area contributed by atoms with E-state index in [0.29, 0.717) is 4.32 Å². The highest BCUT2D eigenvalue weighted by molar-refractivity contribution is 8.11. The van der Waals surface area contributed by atoms with Crippen molar-refractivity contribution in [2.24, 2.45) is 5.84 Å². The second-order valence-corrected chi connectivity index (χ2v) is 2.13. The van der Waals surface area contributed by atoms with Crippen molar-refractivity contribution < 1.29 is 9.90 Å². The lowest BCUT2D eigenvalue weighted by Crippen LogP contribution is -2.23. The molecule has 4 N–H and O–H groups in total. The van der Waals surface area contributed by atoms with E-state index in [1.165, 1.54) is 0 Å². The van der Waals surface area contributed by atoms with E-state index in [-0.39, 0.29) is 0 Å². The molecule has 0 heterocycles. The molecular formula is C3H8N2O2S2. The van der Waals surface area contributed by atoms with Crippen LogP contribution in [0.1, 0.15) is 6.92 Å². The fourth-order valence-electron chi connectivity index (χ4n) is 0. The van der Waals surface area contributed by atoms with E-state index >= 15 is 0 Å². The first-order chi connectivity index (χ1) is 4.00. The largest absolute Gasteiger partial charge is 0.481 e. The number of nitrogens with two attached hydrogens (primary N) is 1. The molecule has 6 heteroatoms. The van der Waals surface area contributed by atoms with Crippen LogP contribution >= 0.6 is 24.8 Å². The number of carbonyl (C=O) groups is 1. The molecule has 0 unspecified atom stereocenters. The lowest BCUT2D eigenvalue weighted by molar-refractivity contribution is -0.134.